The third kappa shape index (κ3) is 7.98. The van der Waals surface area contributed by atoms with Gasteiger partial charge in [0, 0.05) is 37.0 Å². The summed E-state index contributed by atoms with van der Waals surface area (Å²) >= 11 is 0. The van der Waals surface area contributed by atoms with Crippen molar-refractivity contribution in [2.45, 2.75) is 89.4 Å². The summed E-state index contributed by atoms with van der Waals surface area (Å²) in [6.45, 7) is 5.99. The lowest BCUT2D eigenvalue weighted by molar-refractivity contribution is -0.123. The summed E-state index contributed by atoms with van der Waals surface area (Å²) in [7, 11) is 1.60. The first-order valence-electron chi connectivity index (χ1n) is 14.7. The van der Waals surface area contributed by atoms with E-state index in [4.69, 9.17) is 14.2 Å². The first-order chi connectivity index (χ1) is 19.4. The maximum atomic E-state index is 13.0. The van der Waals surface area contributed by atoms with Gasteiger partial charge in [0.05, 0.1) is 13.2 Å². The first kappa shape index (κ1) is 29.9. The number of unbranched alkanes of at least 4 members (excludes halogenated alkanes) is 2. The monoisotopic (exact) mass is 552 g/mol. The molecule has 1 amide bonds. The fraction of sp³-hybridized carbons (Fsp3) is 0.562. The second-order valence-corrected chi connectivity index (χ2v) is 11.1. The van der Waals surface area contributed by atoms with Crippen LogP contribution in [0.25, 0.3) is 0 Å². The molecule has 2 aliphatic heterocycles. The van der Waals surface area contributed by atoms with E-state index in [-0.39, 0.29) is 11.7 Å². The molecule has 218 valence electrons. The Hall–Kier alpha value is -3.10. The number of carbonyl (C=O) groups excluding carboxylic acids is 2. The first-order valence-corrected chi connectivity index (χ1v) is 14.7. The van der Waals surface area contributed by atoms with Crippen molar-refractivity contribution in [2.75, 3.05) is 26.9 Å². The number of amides is 1. The Kier molecular flexibility index (Phi) is 10.8. The number of methoxy groups -OCH3 is 1. The number of carbonyl (C=O) groups is 2. The molecule has 0 aliphatic carbocycles. The summed E-state index contributed by atoms with van der Waals surface area (Å²) in [5, 5.41) is 14.6. The van der Waals surface area contributed by atoms with Crippen LogP contribution in [0.2, 0.25) is 0 Å². The number of Topliss-reactive ketones (excluding diaryl/α,β-unsaturated/α-hetero) is 1. The van der Waals surface area contributed by atoms with Gasteiger partial charge in [0.1, 0.15) is 25.1 Å². The standard InChI is InChI=1S/C32H44N2O6/c1-22-8-7-9-23(2)34(22)21-27(32(37)25-14-17-29-30(20-25)40-19-18-39-29)33-31(36)11-6-4-5-10-28(35)24-12-15-26(38-3)16-13-24/h12-17,20,22-23,27,32,37H,4-11,18-19,21H2,1-3H3,(H,33,36)/t22-,23?,27-,32+/m1/s1. The van der Waals surface area contributed by atoms with Gasteiger partial charge in [0.15, 0.2) is 17.3 Å². The molecule has 4 atom stereocenters. The lowest BCUT2D eigenvalue weighted by Crippen LogP contribution is -2.53. The van der Waals surface area contributed by atoms with Crippen LogP contribution >= 0.6 is 0 Å². The highest BCUT2D eigenvalue weighted by Gasteiger charge is 2.32. The quantitative estimate of drug-likeness (QED) is 0.264. The number of ketones is 1. The van der Waals surface area contributed by atoms with Crippen LogP contribution in [-0.4, -0.2) is 66.7 Å². The molecule has 8 heteroatoms. The summed E-state index contributed by atoms with van der Waals surface area (Å²) in [5.74, 6) is 2.03. The van der Waals surface area contributed by atoms with Crippen LogP contribution in [0.4, 0.5) is 0 Å². The second-order valence-electron chi connectivity index (χ2n) is 11.1. The van der Waals surface area contributed by atoms with Gasteiger partial charge in [-0.05, 0) is 81.5 Å². The minimum Gasteiger partial charge on any atom is -0.497 e. The highest BCUT2D eigenvalue weighted by atomic mass is 16.6. The lowest BCUT2D eigenvalue weighted by Gasteiger charge is -2.42. The number of hydrogen-bond acceptors (Lipinski definition) is 7. The number of aliphatic hydroxyl groups excluding tert-OH is 1. The van der Waals surface area contributed by atoms with Gasteiger partial charge in [-0.1, -0.05) is 18.9 Å². The van der Waals surface area contributed by atoms with E-state index in [1.165, 1.54) is 6.42 Å². The van der Waals surface area contributed by atoms with Crippen molar-refractivity contribution < 1.29 is 28.9 Å². The highest BCUT2D eigenvalue weighted by Crippen LogP contribution is 2.34. The minimum absolute atomic E-state index is 0.0830. The molecule has 1 unspecified atom stereocenters. The molecule has 2 N–H and O–H groups in total. The fourth-order valence-electron chi connectivity index (χ4n) is 5.71. The summed E-state index contributed by atoms with van der Waals surface area (Å²) < 4.78 is 16.5. The third-order valence-corrected chi connectivity index (χ3v) is 8.14. The minimum atomic E-state index is -0.886. The summed E-state index contributed by atoms with van der Waals surface area (Å²) in [4.78, 5) is 27.9. The zero-order valence-electron chi connectivity index (χ0n) is 24.1. The van der Waals surface area contributed by atoms with E-state index in [9.17, 15) is 14.7 Å². The average Bonchev–Trinajstić information content (AvgIpc) is 2.97. The molecule has 0 spiro atoms. The maximum absolute atomic E-state index is 13.0. The average molecular weight is 553 g/mol. The smallest absolute Gasteiger partial charge is 0.220 e. The van der Waals surface area contributed by atoms with E-state index in [0.717, 1.165) is 31.4 Å². The van der Waals surface area contributed by atoms with E-state index in [1.54, 1.807) is 31.4 Å². The lowest BCUT2D eigenvalue weighted by atomic mass is 9.94. The number of rotatable bonds is 13. The van der Waals surface area contributed by atoms with Crippen molar-refractivity contribution in [3.05, 3.63) is 53.6 Å². The molecular formula is C32H44N2O6. The van der Waals surface area contributed by atoms with Gasteiger partial charge >= 0.3 is 0 Å². The van der Waals surface area contributed by atoms with Crippen LogP contribution in [-0.2, 0) is 4.79 Å². The van der Waals surface area contributed by atoms with Gasteiger partial charge in [-0.2, -0.15) is 0 Å². The molecule has 40 heavy (non-hydrogen) atoms. The number of aliphatic hydroxyl groups is 1. The van der Waals surface area contributed by atoms with E-state index < -0.39 is 12.1 Å². The number of benzene rings is 2. The molecule has 0 saturated carbocycles. The van der Waals surface area contributed by atoms with E-state index in [1.807, 2.05) is 18.2 Å². The van der Waals surface area contributed by atoms with E-state index in [2.05, 4.69) is 24.1 Å². The molecule has 0 bridgehead atoms. The zero-order valence-corrected chi connectivity index (χ0v) is 24.1. The number of fused-ring (bicyclic) bond motifs is 1. The number of hydrogen-bond donors (Lipinski definition) is 2. The SMILES string of the molecule is COc1ccc(C(=O)CCCCCC(=O)N[C@H](CN2C(C)CCC[C@H]2C)[C@@H](O)c2ccc3c(c2)OCCO3)cc1. The van der Waals surface area contributed by atoms with Crippen LogP contribution in [0.3, 0.4) is 0 Å². The molecule has 2 aromatic carbocycles. The largest absolute Gasteiger partial charge is 0.497 e. The fourth-order valence-corrected chi connectivity index (χ4v) is 5.71. The zero-order chi connectivity index (χ0) is 28.5. The summed E-state index contributed by atoms with van der Waals surface area (Å²) in [5.41, 5.74) is 1.37. The van der Waals surface area contributed by atoms with Crippen molar-refractivity contribution in [2.24, 2.45) is 0 Å². The molecule has 1 fully saturated rings. The van der Waals surface area contributed by atoms with Crippen LogP contribution < -0.4 is 19.5 Å². The van der Waals surface area contributed by atoms with Gasteiger partial charge in [-0.3, -0.25) is 14.5 Å². The molecular weight excluding hydrogens is 508 g/mol. The number of ether oxygens (including phenoxy) is 3. The van der Waals surface area contributed by atoms with Gasteiger partial charge in [-0.25, -0.2) is 0 Å². The van der Waals surface area contributed by atoms with E-state index >= 15 is 0 Å². The highest BCUT2D eigenvalue weighted by molar-refractivity contribution is 5.96. The Bertz CT molecular complexity index is 1110. The number of nitrogens with one attached hydrogen (secondary N) is 1. The second kappa shape index (κ2) is 14.5. The maximum Gasteiger partial charge on any atom is 0.220 e. The van der Waals surface area contributed by atoms with Crippen molar-refractivity contribution in [1.29, 1.82) is 0 Å². The predicted octanol–water partition coefficient (Wildman–Crippen LogP) is 5.08. The predicted molar refractivity (Wildman–Crippen MR) is 154 cm³/mol. The molecule has 8 nitrogen and oxygen atoms in total. The van der Waals surface area contributed by atoms with Gasteiger partial charge in [-0.15, -0.1) is 0 Å². The van der Waals surface area contributed by atoms with Crippen molar-refractivity contribution >= 4 is 11.7 Å². The number of nitrogens with zero attached hydrogens (tertiary/aromatic N) is 1. The van der Waals surface area contributed by atoms with E-state index in [0.29, 0.717) is 73.7 Å². The number of likely N-dealkylation sites (tertiary alicyclic amines) is 1. The topological polar surface area (TPSA) is 97.3 Å². The van der Waals surface area contributed by atoms with Crippen molar-refractivity contribution in [1.82, 2.24) is 10.2 Å². The van der Waals surface area contributed by atoms with Gasteiger partial charge in [0.2, 0.25) is 5.91 Å². The molecule has 4 rings (SSSR count). The molecule has 0 aromatic heterocycles. The Morgan fingerprint density at radius 2 is 1.65 bits per heavy atom. The van der Waals surface area contributed by atoms with Crippen LogP contribution in [0.15, 0.2) is 42.5 Å². The summed E-state index contributed by atoms with van der Waals surface area (Å²) in [6.07, 6.45) is 5.53. The van der Waals surface area contributed by atoms with Crippen molar-refractivity contribution in [3.8, 4) is 17.2 Å². The molecule has 2 aromatic rings. The van der Waals surface area contributed by atoms with Gasteiger partial charge < -0.3 is 24.6 Å². The van der Waals surface area contributed by atoms with Gasteiger partial charge in [0.25, 0.3) is 0 Å². The molecule has 1 saturated heterocycles. The molecule has 0 radical (unpaired) electrons. The number of piperidine rings is 1. The van der Waals surface area contributed by atoms with Crippen LogP contribution in [0.5, 0.6) is 17.2 Å². The van der Waals surface area contributed by atoms with Crippen LogP contribution in [0, 0.1) is 0 Å². The Morgan fingerprint density at radius 1 is 0.975 bits per heavy atom. The molecule has 2 aliphatic rings. The Morgan fingerprint density at radius 3 is 2.35 bits per heavy atom. The van der Waals surface area contributed by atoms with Crippen LogP contribution in [0.1, 0.15) is 87.2 Å². The third-order valence-electron chi connectivity index (χ3n) is 8.14. The molecule has 2 heterocycles. The van der Waals surface area contributed by atoms with Crippen molar-refractivity contribution in [3.63, 3.8) is 0 Å². The Labute approximate surface area is 238 Å². The summed E-state index contributed by atoms with van der Waals surface area (Å²) in [6, 6.07) is 13.0. The normalized spacial score (nSPS) is 20.4. The Balaban J connectivity index is 1.32.